The van der Waals surface area contributed by atoms with E-state index in [0.717, 1.165) is 19.3 Å². The number of hydrogen-bond donors (Lipinski definition) is 0. The third-order valence-corrected chi connectivity index (χ3v) is 4.75. The molecule has 1 atom stereocenters. The molecule has 1 heterocycles. The summed E-state index contributed by atoms with van der Waals surface area (Å²) in [6.07, 6.45) is 3.72. The summed E-state index contributed by atoms with van der Waals surface area (Å²) >= 11 is 0. The van der Waals surface area contributed by atoms with Crippen molar-refractivity contribution in [2.75, 3.05) is 0 Å². The van der Waals surface area contributed by atoms with E-state index in [1.54, 1.807) is 25.1 Å². The molecule has 0 N–H and O–H groups in total. The van der Waals surface area contributed by atoms with Crippen LogP contribution in [0.4, 0.5) is 4.39 Å². The third kappa shape index (κ3) is 3.74. The van der Waals surface area contributed by atoms with E-state index in [4.69, 9.17) is 9.15 Å². The second-order valence-electron chi connectivity index (χ2n) is 6.69. The topological polar surface area (TPSA) is 65.2 Å². The van der Waals surface area contributed by atoms with Gasteiger partial charge >= 0.3 is 5.97 Å². The van der Waals surface area contributed by atoms with E-state index in [2.05, 4.69) is 10.2 Å². The molecule has 4 rings (SSSR count). The molecule has 0 unspecified atom stereocenters. The molecule has 5 nitrogen and oxygen atoms in total. The summed E-state index contributed by atoms with van der Waals surface area (Å²) in [6, 6.07) is 11.5. The highest BCUT2D eigenvalue weighted by Gasteiger charge is 2.21. The number of esters is 1. The summed E-state index contributed by atoms with van der Waals surface area (Å²) < 4.78 is 24.1. The lowest BCUT2D eigenvalue weighted by Gasteiger charge is -2.16. The summed E-state index contributed by atoms with van der Waals surface area (Å²) in [7, 11) is 0. The molecule has 3 aromatic rings. The molecule has 1 aromatic heterocycles. The van der Waals surface area contributed by atoms with Gasteiger partial charge in [0.05, 0.1) is 5.56 Å². The molecule has 0 radical (unpaired) electrons. The van der Waals surface area contributed by atoms with E-state index in [0.29, 0.717) is 11.1 Å². The van der Waals surface area contributed by atoms with E-state index < -0.39 is 12.1 Å². The lowest BCUT2D eigenvalue weighted by Crippen LogP contribution is -2.11. The molecule has 2 aromatic carbocycles. The molecule has 0 bridgehead atoms. The molecular weight excluding hydrogens is 347 g/mol. The first-order valence-corrected chi connectivity index (χ1v) is 9.02. The zero-order valence-electron chi connectivity index (χ0n) is 14.9. The number of rotatable bonds is 4. The average molecular weight is 366 g/mol. The summed E-state index contributed by atoms with van der Waals surface area (Å²) in [4.78, 5) is 12.5. The first kappa shape index (κ1) is 17.4. The Bertz CT molecular complexity index is 966. The fourth-order valence-electron chi connectivity index (χ4n) is 3.25. The van der Waals surface area contributed by atoms with Crippen LogP contribution in [0.2, 0.25) is 0 Å². The summed E-state index contributed by atoms with van der Waals surface area (Å²) in [5.74, 6) is -0.314. The first-order valence-electron chi connectivity index (χ1n) is 9.02. The van der Waals surface area contributed by atoms with Crippen molar-refractivity contribution < 1.29 is 18.3 Å². The number of benzene rings is 2. The molecule has 0 aliphatic heterocycles. The molecule has 1 aliphatic rings. The normalized spacial score (nSPS) is 14.4. The van der Waals surface area contributed by atoms with Crippen LogP contribution in [0.25, 0.3) is 11.5 Å². The van der Waals surface area contributed by atoms with Crippen LogP contribution in [0.5, 0.6) is 0 Å². The summed E-state index contributed by atoms with van der Waals surface area (Å²) in [5, 5.41) is 7.89. The molecule has 1 aliphatic carbocycles. The predicted octanol–water partition coefficient (Wildman–Crippen LogP) is 4.67. The molecule has 0 saturated carbocycles. The van der Waals surface area contributed by atoms with E-state index in [9.17, 15) is 9.18 Å². The van der Waals surface area contributed by atoms with Crippen LogP contribution in [0.1, 0.15) is 53.2 Å². The molecule has 0 spiro atoms. The third-order valence-electron chi connectivity index (χ3n) is 4.75. The van der Waals surface area contributed by atoms with E-state index >= 15 is 0 Å². The van der Waals surface area contributed by atoms with Crippen molar-refractivity contribution >= 4 is 5.97 Å². The van der Waals surface area contributed by atoms with Gasteiger partial charge in [0.25, 0.3) is 5.89 Å². The van der Waals surface area contributed by atoms with Gasteiger partial charge in [-0.15, -0.1) is 10.2 Å². The van der Waals surface area contributed by atoms with E-state index in [1.807, 2.05) is 12.1 Å². The number of ether oxygens (including phenoxy) is 1. The van der Waals surface area contributed by atoms with Crippen molar-refractivity contribution in [3.63, 3.8) is 0 Å². The van der Waals surface area contributed by atoms with Crippen LogP contribution in [0.15, 0.2) is 46.9 Å². The van der Waals surface area contributed by atoms with Crippen LogP contribution >= 0.6 is 0 Å². The maximum absolute atomic E-state index is 13.0. The standard InChI is InChI=1S/C21H19FN2O3/c1-13(19-23-24-20(27-19)15-8-10-18(22)11-9-15)26-21(25)17-7-6-14-4-2-3-5-16(14)12-17/h6-13H,2-5H2,1H3/t13-/m1/s1. The number of fused-ring (bicyclic) bond motifs is 1. The van der Waals surface area contributed by atoms with Crippen molar-refractivity contribution in [1.82, 2.24) is 10.2 Å². The summed E-state index contributed by atoms with van der Waals surface area (Å²) in [6.45, 7) is 1.68. The lowest BCUT2D eigenvalue weighted by molar-refractivity contribution is 0.0279. The Kier molecular flexibility index (Phi) is 4.71. The Hall–Kier alpha value is -3.02. The van der Waals surface area contributed by atoms with Gasteiger partial charge in [0.1, 0.15) is 5.82 Å². The number of halogens is 1. The highest BCUT2D eigenvalue weighted by Crippen LogP contribution is 2.25. The minimum atomic E-state index is -0.685. The quantitative estimate of drug-likeness (QED) is 0.628. The Morgan fingerprint density at radius 3 is 2.59 bits per heavy atom. The zero-order valence-corrected chi connectivity index (χ0v) is 14.9. The summed E-state index contributed by atoms with van der Waals surface area (Å²) in [5.41, 5.74) is 3.66. The van der Waals surface area contributed by atoms with Crippen LogP contribution in [0.3, 0.4) is 0 Å². The van der Waals surface area contributed by atoms with Gasteiger partial charge in [-0.25, -0.2) is 9.18 Å². The Morgan fingerprint density at radius 2 is 1.81 bits per heavy atom. The Labute approximate surface area is 156 Å². The number of carbonyl (C=O) groups excluding carboxylic acids is 1. The average Bonchev–Trinajstić information content (AvgIpc) is 3.18. The smallest absolute Gasteiger partial charge is 0.338 e. The second kappa shape index (κ2) is 7.31. The molecule has 0 amide bonds. The fraction of sp³-hybridized carbons (Fsp3) is 0.286. The van der Waals surface area contributed by atoms with Crippen LogP contribution in [0, 0.1) is 5.82 Å². The monoisotopic (exact) mass is 366 g/mol. The van der Waals surface area contributed by atoms with E-state index in [-0.39, 0.29) is 17.6 Å². The zero-order chi connectivity index (χ0) is 18.8. The number of aromatic nitrogens is 2. The van der Waals surface area contributed by atoms with Crippen molar-refractivity contribution in [3.05, 3.63) is 70.9 Å². The Morgan fingerprint density at radius 1 is 1.07 bits per heavy atom. The van der Waals surface area contributed by atoms with Gasteiger partial charge < -0.3 is 9.15 Å². The van der Waals surface area contributed by atoms with E-state index in [1.165, 1.54) is 29.7 Å². The predicted molar refractivity (Wildman–Crippen MR) is 96.6 cm³/mol. The fourth-order valence-corrected chi connectivity index (χ4v) is 3.25. The van der Waals surface area contributed by atoms with Gasteiger partial charge in [-0.05, 0) is 80.1 Å². The number of hydrogen-bond acceptors (Lipinski definition) is 5. The lowest BCUT2D eigenvalue weighted by atomic mass is 9.90. The van der Waals surface area contributed by atoms with Crippen molar-refractivity contribution in [3.8, 4) is 11.5 Å². The number of aryl methyl sites for hydroxylation is 2. The second-order valence-corrected chi connectivity index (χ2v) is 6.69. The van der Waals surface area contributed by atoms with Crippen molar-refractivity contribution in [2.45, 2.75) is 38.7 Å². The molecule has 27 heavy (non-hydrogen) atoms. The highest BCUT2D eigenvalue weighted by molar-refractivity contribution is 5.89. The molecule has 6 heteroatoms. The minimum Gasteiger partial charge on any atom is -0.449 e. The largest absolute Gasteiger partial charge is 0.449 e. The van der Waals surface area contributed by atoms with Crippen LogP contribution < -0.4 is 0 Å². The van der Waals surface area contributed by atoms with Gasteiger partial charge in [-0.1, -0.05) is 6.07 Å². The van der Waals surface area contributed by atoms with Crippen molar-refractivity contribution in [2.24, 2.45) is 0 Å². The molecule has 0 fully saturated rings. The van der Waals surface area contributed by atoms with Gasteiger partial charge in [-0.2, -0.15) is 0 Å². The van der Waals surface area contributed by atoms with Gasteiger partial charge in [-0.3, -0.25) is 0 Å². The van der Waals surface area contributed by atoms with Gasteiger partial charge in [0.15, 0.2) is 6.10 Å². The van der Waals surface area contributed by atoms with Gasteiger partial charge in [0.2, 0.25) is 5.89 Å². The molecular formula is C21H19FN2O3. The highest BCUT2D eigenvalue weighted by atomic mass is 19.1. The number of nitrogens with zero attached hydrogens (tertiary/aromatic N) is 2. The SMILES string of the molecule is C[C@@H](OC(=O)c1ccc2c(c1)CCCC2)c1nnc(-c2ccc(F)cc2)o1. The first-order chi connectivity index (χ1) is 13.1. The minimum absolute atomic E-state index is 0.195. The molecule has 138 valence electrons. The number of carbonyl (C=O) groups is 1. The maximum atomic E-state index is 13.0. The van der Waals surface area contributed by atoms with Crippen LogP contribution in [-0.2, 0) is 17.6 Å². The van der Waals surface area contributed by atoms with Gasteiger partial charge in [0, 0.05) is 5.56 Å². The maximum Gasteiger partial charge on any atom is 0.338 e. The Balaban J connectivity index is 1.46. The van der Waals surface area contributed by atoms with Crippen molar-refractivity contribution in [1.29, 1.82) is 0 Å². The van der Waals surface area contributed by atoms with Crippen LogP contribution in [-0.4, -0.2) is 16.2 Å². The molecule has 0 saturated heterocycles.